The Balaban J connectivity index is 2.36. The van der Waals surface area contributed by atoms with Crippen LogP contribution in [0.25, 0.3) is 0 Å². The van der Waals surface area contributed by atoms with Crippen LogP contribution in [0.3, 0.4) is 0 Å². The number of amides is 1. The van der Waals surface area contributed by atoms with E-state index in [-0.39, 0.29) is 6.61 Å². The first kappa shape index (κ1) is 11.8. The molecule has 1 aromatic rings. The summed E-state index contributed by atoms with van der Waals surface area (Å²) in [7, 11) is 0. The number of carbonyl (C=O) groups excluding carboxylic acids is 2. The van der Waals surface area contributed by atoms with Crippen LogP contribution in [-0.4, -0.2) is 18.4 Å². The first-order valence-electron chi connectivity index (χ1n) is 4.65. The monoisotopic (exact) mass is 217 g/mol. The SMILES string of the molecule is C#CC(C=O)NC(=O)OCc1ccccc1. The van der Waals surface area contributed by atoms with Gasteiger partial charge in [-0.3, -0.25) is 4.79 Å². The van der Waals surface area contributed by atoms with Gasteiger partial charge in [-0.15, -0.1) is 6.42 Å². The van der Waals surface area contributed by atoms with Crippen LogP contribution in [0.2, 0.25) is 0 Å². The van der Waals surface area contributed by atoms with Crippen molar-refractivity contribution in [2.75, 3.05) is 0 Å². The Morgan fingerprint density at radius 3 is 2.75 bits per heavy atom. The maximum absolute atomic E-state index is 11.2. The number of carbonyl (C=O) groups is 2. The molecule has 0 aliphatic heterocycles. The Morgan fingerprint density at radius 1 is 1.50 bits per heavy atom. The lowest BCUT2D eigenvalue weighted by Gasteiger charge is -2.07. The van der Waals surface area contributed by atoms with Crippen molar-refractivity contribution in [3.8, 4) is 12.3 Å². The van der Waals surface area contributed by atoms with Crippen molar-refractivity contribution in [2.45, 2.75) is 12.6 Å². The highest BCUT2D eigenvalue weighted by Gasteiger charge is 2.08. The standard InChI is InChI=1S/C12H11NO3/c1-2-11(8-14)13-12(15)16-9-10-6-4-3-5-7-10/h1,3-8,11H,9H2,(H,13,15). The van der Waals surface area contributed by atoms with E-state index in [0.29, 0.717) is 6.29 Å². The molecule has 1 rings (SSSR count). The summed E-state index contributed by atoms with van der Waals surface area (Å²) in [6.07, 6.45) is 4.74. The minimum Gasteiger partial charge on any atom is -0.445 e. The molecule has 4 nitrogen and oxygen atoms in total. The van der Waals surface area contributed by atoms with Crippen molar-refractivity contribution in [1.82, 2.24) is 5.32 Å². The normalized spacial score (nSPS) is 10.9. The summed E-state index contributed by atoms with van der Waals surface area (Å²) >= 11 is 0. The third kappa shape index (κ3) is 3.84. The lowest BCUT2D eigenvalue weighted by Crippen LogP contribution is -2.35. The van der Waals surface area contributed by atoms with E-state index < -0.39 is 12.1 Å². The minimum absolute atomic E-state index is 0.142. The molecule has 1 aromatic carbocycles. The molecule has 0 spiro atoms. The average molecular weight is 217 g/mol. The van der Waals surface area contributed by atoms with Gasteiger partial charge in [0.05, 0.1) is 0 Å². The van der Waals surface area contributed by atoms with E-state index in [1.807, 2.05) is 30.3 Å². The van der Waals surface area contributed by atoms with Gasteiger partial charge in [-0.2, -0.15) is 0 Å². The number of nitrogens with one attached hydrogen (secondary N) is 1. The second kappa shape index (κ2) is 6.25. The van der Waals surface area contributed by atoms with Gasteiger partial charge in [0, 0.05) is 0 Å². The van der Waals surface area contributed by atoms with Crippen molar-refractivity contribution in [3.05, 3.63) is 35.9 Å². The molecule has 82 valence electrons. The molecule has 0 fully saturated rings. The Labute approximate surface area is 93.6 Å². The summed E-state index contributed by atoms with van der Waals surface area (Å²) in [6, 6.07) is 8.25. The number of alkyl carbamates (subject to hydrolysis) is 1. The van der Waals surface area contributed by atoms with Crippen LogP contribution in [0.5, 0.6) is 0 Å². The largest absolute Gasteiger partial charge is 0.445 e. The zero-order valence-corrected chi connectivity index (χ0v) is 8.55. The van der Waals surface area contributed by atoms with Crippen molar-refractivity contribution < 1.29 is 14.3 Å². The zero-order chi connectivity index (χ0) is 11.8. The number of aldehydes is 1. The molecule has 1 N–H and O–H groups in total. The average Bonchev–Trinajstić information content (AvgIpc) is 2.34. The lowest BCUT2D eigenvalue weighted by molar-refractivity contribution is -0.108. The quantitative estimate of drug-likeness (QED) is 0.607. The van der Waals surface area contributed by atoms with Crippen LogP contribution < -0.4 is 5.32 Å². The van der Waals surface area contributed by atoms with Crippen LogP contribution in [0.15, 0.2) is 30.3 Å². The molecule has 0 aliphatic rings. The maximum Gasteiger partial charge on any atom is 0.408 e. The summed E-state index contributed by atoms with van der Waals surface area (Å²) < 4.78 is 4.86. The molecule has 0 heterocycles. The van der Waals surface area contributed by atoms with E-state index in [1.165, 1.54) is 0 Å². The fraction of sp³-hybridized carbons (Fsp3) is 0.167. The van der Waals surface area contributed by atoms with Gasteiger partial charge in [0.1, 0.15) is 12.6 Å². The third-order valence-corrected chi connectivity index (χ3v) is 1.80. The van der Waals surface area contributed by atoms with Crippen LogP contribution in [0.1, 0.15) is 5.56 Å². The predicted octanol–water partition coefficient (Wildman–Crippen LogP) is 1.11. The van der Waals surface area contributed by atoms with E-state index in [4.69, 9.17) is 11.2 Å². The number of benzene rings is 1. The van der Waals surface area contributed by atoms with E-state index >= 15 is 0 Å². The van der Waals surface area contributed by atoms with E-state index in [2.05, 4.69) is 11.2 Å². The maximum atomic E-state index is 11.2. The number of hydrogen-bond acceptors (Lipinski definition) is 3. The molecule has 0 saturated heterocycles. The molecule has 0 radical (unpaired) electrons. The summed E-state index contributed by atoms with van der Waals surface area (Å²) in [5.41, 5.74) is 0.862. The van der Waals surface area contributed by atoms with Crippen LogP contribution >= 0.6 is 0 Å². The molecule has 1 amide bonds. The summed E-state index contributed by atoms with van der Waals surface area (Å²) in [4.78, 5) is 21.5. The molecule has 0 saturated carbocycles. The molecular weight excluding hydrogens is 206 g/mol. The number of rotatable bonds is 4. The fourth-order valence-corrected chi connectivity index (χ4v) is 1.01. The van der Waals surface area contributed by atoms with Crippen molar-refractivity contribution >= 4 is 12.4 Å². The van der Waals surface area contributed by atoms with Crippen LogP contribution in [0.4, 0.5) is 4.79 Å². The van der Waals surface area contributed by atoms with Gasteiger partial charge in [-0.1, -0.05) is 36.3 Å². The Hall–Kier alpha value is -2.28. The van der Waals surface area contributed by atoms with E-state index in [9.17, 15) is 9.59 Å². The van der Waals surface area contributed by atoms with Crippen molar-refractivity contribution in [2.24, 2.45) is 0 Å². The van der Waals surface area contributed by atoms with Gasteiger partial charge in [-0.25, -0.2) is 4.79 Å². The highest BCUT2D eigenvalue weighted by Crippen LogP contribution is 2.00. The van der Waals surface area contributed by atoms with Crippen LogP contribution in [0, 0.1) is 12.3 Å². The molecule has 1 unspecified atom stereocenters. The summed E-state index contributed by atoms with van der Waals surface area (Å²) in [5.74, 6) is 2.10. The molecular formula is C12H11NO3. The molecule has 0 aromatic heterocycles. The smallest absolute Gasteiger partial charge is 0.408 e. The van der Waals surface area contributed by atoms with Gasteiger partial charge in [0.15, 0.2) is 6.29 Å². The molecule has 1 atom stereocenters. The first-order chi connectivity index (χ1) is 7.76. The van der Waals surface area contributed by atoms with Gasteiger partial charge in [0.2, 0.25) is 0 Å². The Bertz CT molecular complexity index is 394. The third-order valence-electron chi connectivity index (χ3n) is 1.80. The molecule has 16 heavy (non-hydrogen) atoms. The van der Waals surface area contributed by atoms with Crippen LogP contribution in [-0.2, 0) is 16.1 Å². The Morgan fingerprint density at radius 2 is 2.19 bits per heavy atom. The second-order valence-electron chi connectivity index (χ2n) is 2.99. The first-order valence-corrected chi connectivity index (χ1v) is 4.65. The molecule has 4 heteroatoms. The number of ether oxygens (including phenoxy) is 1. The number of hydrogen-bond donors (Lipinski definition) is 1. The van der Waals surface area contributed by atoms with Gasteiger partial charge >= 0.3 is 6.09 Å². The Kier molecular flexibility index (Phi) is 4.61. The topological polar surface area (TPSA) is 55.4 Å². The fourth-order valence-electron chi connectivity index (χ4n) is 1.01. The second-order valence-corrected chi connectivity index (χ2v) is 2.99. The highest BCUT2D eigenvalue weighted by atomic mass is 16.5. The van der Waals surface area contributed by atoms with Gasteiger partial charge in [0.25, 0.3) is 0 Å². The predicted molar refractivity (Wildman–Crippen MR) is 58.4 cm³/mol. The van der Waals surface area contributed by atoms with Gasteiger partial charge < -0.3 is 10.1 Å². The molecule has 0 bridgehead atoms. The van der Waals surface area contributed by atoms with E-state index in [1.54, 1.807) is 0 Å². The lowest BCUT2D eigenvalue weighted by atomic mass is 10.2. The van der Waals surface area contributed by atoms with Gasteiger partial charge in [-0.05, 0) is 5.56 Å². The zero-order valence-electron chi connectivity index (χ0n) is 8.55. The van der Waals surface area contributed by atoms with E-state index in [0.717, 1.165) is 5.56 Å². The molecule has 0 aliphatic carbocycles. The summed E-state index contributed by atoms with van der Waals surface area (Å²) in [6.45, 7) is 0.142. The summed E-state index contributed by atoms with van der Waals surface area (Å²) in [5, 5.41) is 2.22. The number of terminal acetylenes is 1. The van der Waals surface area contributed by atoms with Crippen molar-refractivity contribution in [3.63, 3.8) is 0 Å². The highest BCUT2D eigenvalue weighted by molar-refractivity contribution is 5.75. The van der Waals surface area contributed by atoms with Crippen molar-refractivity contribution in [1.29, 1.82) is 0 Å². The minimum atomic E-state index is -0.941.